The maximum atomic E-state index is 6.32. The van der Waals surface area contributed by atoms with Crippen LogP contribution in [0.3, 0.4) is 0 Å². The van der Waals surface area contributed by atoms with Gasteiger partial charge in [0.05, 0.1) is 24.3 Å². The van der Waals surface area contributed by atoms with Gasteiger partial charge < -0.3 is 10.1 Å². The lowest BCUT2D eigenvalue weighted by Crippen LogP contribution is -2.20. The fourth-order valence-corrected chi connectivity index (χ4v) is 3.16. The summed E-state index contributed by atoms with van der Waals surface area (Å²) in [7, 11) is 1.90. The third-order valence-corrected chi connectivity index (χ3v) is 4.45. The van der Waals surface area contributed by atoms with Crippen LogP contribution in [-0.4, -0.2) is 43.6 Å². The number of fused-ring (bicyclic) bond motifs is 1. The van der Waals surface area contributed by atoms with Crippen LogP contribution in [0, 0.1) is 6.92 Å². The monoisotopic (exact) mass is 326 g/mol. The molecule has 0 aliphatic carbocycles. The molecule has 0 spiro atoms. The number of aryl methyl sites for hydroxylation is 2. The maximum absolute atomic E-state index is 6.32. The van der Waals surface area contributed by atoms with E-state index in [4.69, 9.17) is 9.72 Å². The van der Waals surface area contributed by atoms with Gasteiger partial charge in [-0.3, -0.25) is 4.68 Å². The third-order valence-electron chi connectivity index (χ3n) is 4.45. The third kappa shape index (κ3) is 2.87. The Labute approximate surface area is 140 Å². The molecule has 1 N–H and O–H groups in total. The van der Waals surface area contributed by atoms with E-state index in [1.54, 1.807) is 4.68 Å². The lowest BCUT2D eigenvalue weighted by atomic mass is 10.1. The number of aromatic nitrogens is 5. The zero-order chi connectivity index (χ0) is 16.5. The van der Waals surface area contributed by atoms with Crippen molar-refractivity contribution in [1.29, 1.82) is 0 Å². The molecule has 126 valence electrons. The highest BCUT2D eigenvalue weighted by atomic mass is 16.5. The van der Waals surface area contributed by atoms with Crippen molar-refractivity contribution in [3.05, 3.63) is 30.4 Å². The summed E-state index contributed by atoms with van der Waals surface area (Å²) >= 11 is 0. The van der Waals surface area contributed by atoms with Crippen LogP contribution >= 0.6 is 0 Å². The summed E-state index contributed by atoms with van der Waals surface area (Å²) in [4.78, 5) is 4.79. The van der Waals surface area contributed by atoms with Crippen molar-refractivity contribution in [1.82, 2.24) is 29.7 Å². The fourth-order valence-electron chi connectivity index (χ4n) is 3.16. The molecule has 0 aromatic carbocycles. The van der Waals surface area contributed by atoms with Gasteiger partial charge in [0.15, 0.2) is 0 Å². The number of hydrogen-bond acceptors (Lipinski definition) is 5. The number of hydrogen-bond donors (Lipinski definition) is 1. The predicted octanol–water partition coefficient (Wildman–Crippen LogP) is 1.96. The van der Waals surface area contributed by atoms with Crippen LogP contribution in [0.2, 0.25) is 0 Å². The van der Waals surface area contributed by atoms with E-state index in [2.05, 4.69) is 15.5 Å². The molecule has 4 rings (SSSR count). The summed E-state index contributed by atoms with van der Waals surface area (Å²) < 4.78 is 9.94. The van der Waals surface area contributed by atoms with Crippen molar-refractivity contribution in [2.24, 2.45) is 7.05 Å². The number of nitrogens with one attached hydrogen (secondary N) is 1. The van der Waals surface area contributed by atoms with E-state index < -0.39 is 0 Å². The second-order valence-electron chi connectivity index (χ2n) is 6.38. The molecule has 24 heavy (non-hydrogen) atoms. The van der Waals surface area contributed by atoms with Crippen LogP contribution < -0.4 is 10.1 Å². The summed E-state index contributed by atoms with van der Waals surface area (Å²) in [5.74, 6) is 0.665. The van der Waals surface area contributed by atoms with Gasteiger partial charge in [-0.2, -0.15) is 10.2 Å². The molecule has 0 unspecified atom stereocenters. The Bertz CT molecular complexity index is 844. The highest BCUT2D eigenvalue weighted by Gasteiger charge is 2.19. The standard InChI is InChI=1S/C17H22N6O/c1-12-8-20-23-11-15(13-9-19-22(2)10-13)21-17(16(12)23)24-14-4-3-6-18-7-5-14/h8-11,14,18H,3-7H2,1-2H3/t14-/m1/s1. The molecule has 0 amide bonds. The van der Waals surface area contributed by atoms with E-state index >= 15 is 0 Å². The average molecular weight is 326 g/mol. The Hall–Kier alpha value is -2.41. The van der Waals surface area contributed by atoms with Crippen LogP contribution in [0.5, 0.6) is 5.88 Å². The predicted molar refractivity (Wildman–Crippen MR) is 91.1 cm³/mol. The minimum Gasteiger partial charge on any atom is -0.473 e. The molecule has 1 fully saturated rings. The first-order valence-corrected chi connectivity index (χ1v) is 8.42. The first-order valence-electron chi connectivity index (χ1n) is 8.42. The summed E-state index contributed by atoms with van der Waals surface area (Å²) in [6, 6.07) is 0. The van der Waals surface area contributed by atoms with Crippen molar-refractivity contribution in [2.75, 3.05) is 13.1 Å². The molecule has 0 saturated carbocycles. The van der Waals surface area contributed by atoms with Gasteiger partial charge in [0.2, 0.25) is 5.88 Å². The lowest BCUT2D eigenvalue weighted by Gasteiger charge is -2.17. The van der Waals surface area contributed by atoms with Crippen LogP contribution in [0.4, 0.5) is 0 Å². The van der Waals surface area contributed by atoms with E-state index in [9.17, 15) is 0 Å². The van der Waals surface area contributed by atoms with Crippen LogP contribution in [0.1, 0.15) is 24.8 Å². The molecule has 0 bridgehead atoms. The van der Waals surface area contributed by atoms with Gasteiger partial charge in [0.1, 0.15) is 11.6 Å². The Morgan fingerprint density at radius 2 is 2.08 bits per heavy atom. The number of ether oxygens (including phenoxy) is 1. The van der Waals surface area contributed by atoms with Gasteiger partial charge in [-0.1, -0.05) is 0 Å². The van der Waals surface area contributed by atoms with Crippen LogP contribution in [0.25, 0.3) is 16.8 Å². The van der Waals surface area contributed by atoms with E-state index in [-0.39, 0.29) is 6.10 Å². The van der Waals surface area contributed by atoms with Gasteiger partial charge >= 0.3 is 0 Å². The molecular weight excluding hydrogens is 304 g/mol. The summed E-state index contributed by atoms with van der Waals surface area (Å²) in [6.07, 6.45) is 10.9. The highest BCUT2D eigenvalue weighted by Crippen LogP contribution is 2.27. The number of rotatable bonds is 3. The van der Waals surface area contributed by atoms with Gasteiger partial charge in [0.25, 0.3) is 0 Å². The van der Waals surface area contributed by atoms with E-state index in [0.29, 0.717) is 5.88 Å². The average Bonchev–Trinajstić information content (AvgIpc) is 3.07. The molecule has 1 aliphatic heterocycles. The molecule has 3 aromatic rings. The normalized spacial score (nSPS) is 18.7. The molecule has 4 heterocycles. The maximum Gasteiger partial charge on any atom is 0.241 e. The van der Waals surface area contributed by atoms with E-state index in [1.165, 1.54) is 0 Å². The van der Waals surface area contributed by atoms with Gasteiger partial charge in [-0.05, 0) is 39.3 Å². The van der Waals surface area contributed by atoms with E-state index in [0.717, 1.165) is 54.7 Å². The lowest BCUT2D eigenvalue weighted by molar-refractivity contribution is 0.182. The molecule has 3 aromatic heterocycles. The Kier molecular flexibility index (Phi) is 3.93. The summed E-state index contributed by atoms with van der Waals surface area (Å²) in [5.41, 5.74) is 3.79. The summed E-state index contributed by atoms with van der Waals surface area (Å²) in [5, 5.41) is 12.1. The largest absolute Gasteiger partial charge is 0.473 e. The molecule has 1 atom stereocenters. The van der Waals surface area contributed by atoms with Crippen molar-refractivity contribution in [3.63, 3.8) is 0 Å². The molecular formula is C17H22N6O. The Morgan fingerprint density at radius 3 is 2.92 bits per heavy atom. The van der Waals surface area contributed by atoms with Crippen molar-refractivity contribution >= 4 is 5.52 Å². The Morgan fingerprint density at radius 1 is 1.17 bits per heavy atom. The van der Waals surface area contributed by atoms with Crippen LogP contribution in [-0.2, 0) is 7.05 Å². The quantitative estimate of drug-likeness (QED) is 0.797. The molecule has 7 heteroatoms. The molecule has 1 aliphatic rings. The Balaban J connectivity index is 1.75. The highest BCUT2D eigenvalue weighted by molar-refractivity contribution is 5.66. The van der Waals surface area contributed by atoms with Crippen LogP contribution in [0.15, 0.2) is 24.8 Å². The van der Waals surface area contributed by atoms with Crippen molar-refractivity contribution < 1.29 is 4.74 Å². The minimum absolute atomic E-state index is 0.190. The molecule has 7 nitrogen and oxygen atoms in total. The van der Waals surface area contributed by atoms with Gasteiger partial charge in [0, 0.05) is 24.4 Å². The minimum atomic E-state index is 0.190. The van der Waals surface area contributed by atoms with Gasteiger partial charge in [-0.25, -0.2) is 9.50 Å². The van der Waals surface area contributed by atoms with E-state index in [1.807, 2.05) is 43.3 Å². The van der Waals surface area contributed by atoms with Crippen molar-refractivity contribution in [2.45, 2.75) is 32.3 Å². The zero-order valence-corrected chi connectivity index (χ0v) is 14.1. The second kappa shape index (κ2) is 6.24. The smallest absolute Gasteiger partial charge is 0.241 e. The van der Waals surface area contributed by atoms with Crippen molar-refractivity contribution in [3.8, 4) is 17.1 Å². The molecule has 1 saturated heterocycles. The van der Waals surface area contributed by atoms with Gasteiger partial charge in [-0.15, -0.1) is 0 Å². The first kappa shape index (κ1) is 15.1. The topological polar surface area (TPSA) is 69.3 Å². The SMILES string of the molecule is Cc1cnn2cc(-c3cnn(C)c3)nc(O[C@@H]3CCCNCC3)c12. The zero-order valence-electron chi connectivity index (χ0n) is 14.1. The molecule has 0 radical (unpaired) electrons. The second-order valence-corrected chi connectivity index (χ2v) is 6.38. The first-order chi connectivity index (χ1) is 11.7. The number of nitrogens with zero attached hydrogens (tertiary/aromatic N) is 5. The summed E-state index contributed by atoms with van der Waals surface area (Å²) in [6.45, 7) is 4.08. The fraction of sp³-hybridized carbons (Fsp3) is 0.471.